The number of hydrogen-bond donors (Lipinski definition) is 2. The smallest absolute Gasteiger partial charge is 0.337 e. The van der Waals surface area contributed by atoms with Crippen LogP contribution in [0.25, 0.3) is 10.9 Å². The summed E-state index contributed by atoms with van der Waals surface area (Å²) < 4.78 is 1.77. The Morgan fingerprint density at radius 3 is 2.83 bits per heavy atom. The van der Waals surface area contributed by atoms with Gasteiger partial charge in [-0.25, -0.2) is 4.79 Å². The minimum absolute atomic E-state index is 0.206. The molecule has 1 atom stereocenters. The molecule has 1 aromatic carbocycles. The molecule has 4 heterocycles. The number of piperidine rings is 3. The van der Waals surface area contributed by atoms with E-state index in [1.54, 1.807) is 16.9 Å². The van der Waals surface area contributed by atoms with Crippen LogP contribution in [-0.2, 0) is 6.54 Å². The number of fused-ring (bicyclic) bond motifs is 4. The quantitative estimate of drug-likeness (QED) is 0.865. The lowest BCUT2D eigenvalue weighted by Crippen LogP contribution is -2.56. The van der Waals surface area contributed by atoms with Gasteiger partial charge in [-0.2, -0.15) is 5.10 Å². The second kappa shape index (κ2) is 6.35. The van der Waals surface area contributed by atoms with E-state index in [0.29, 0.717) is 23.1 Å². The zero-order valence-corrected chi connectivity index (χ0v) is 14.2. The Labute approximate surface area is 145 Å². The van der Waals surface area contributed by atoms with Crippen LogP contribution in [0.1, 0.15) is 23.2 Å². The highest BCUT2D eigenvalue weighted by Crippen LogP contribution is 2.27. The maximum Gasteiger partial charge on any atom is 0.337 e. The average molecular weight is 349 g/mol. The number of carbonyl (C=O) groups is 1. The van der Waals surface area contributed by atoms with Gasteiger partial charge in [-0.15, -0.1) is 0 Å². The topological polar surface area (TPSA) is 70.4 Å². The molecule has 24 heavy (non-hydrogen) atoms. The van der Waals surface area contributed by atoms with Crippen molar-refractivity contribution in [2.45, 2.75) is 25.4 Å². The third-order valence-electron chi connectivity index (χ3n) is 5.32. The van der Waals surface area contributed by atoms with Crippen LogP contribution in [0.5, 0.6) is 0 Å². The van der Waals surface area contributed by atoms with Gasteiger partial charge in [-0.3, -0.25) is 4.68 Å². The van der Waals surface area contributed by atoms with Gasteiger partial charge in [-0.1, -0.05) is 11.6 Å². The third-order valence-corrected chi connectivity index (χ3v) is 5.53. The Morgan fingerprint density at radius 1 is 1.38 bits per heavy atom. The molecule has 0 saturated carbocycles. The van der Waals surface area contributed by atoms with Crippen LogP contribution in [-0.4, -0.2) is 58.0 Å². The van der Waals surface area contributed by atoms with Crippen molar-refractivity contribution in [3.05, 3.63) is 28.9 Å². The summed E-state index contributed by atoms with van der Waals surface area (Å²) in [5, 5.41) is 18.6. The van der Waals surface area contributed by atoms with Crippen molar-refractivity contribution in [2.75, 3.05) is 26.2 Å². The van der Waals surface area contributed by atoms with Gasteiger partial charge in [0, 0.05) is 29.5 Å². The van der Waals surface area contributed by atoms with E-state index in [-0.39, 0.29) is 5.56 Å². The van der Waals surface area contributed by atoms with Gasteiger partial charge < -0.3 is 15.3 Å². The molecule has 2 aromatic rings. The molecule has 0 aliphatic carbocycles. The van der Waals surface area contributed by atoms with E-state index in [9.17, 15) is 9.90 Å². The lowest BCUT2D eigenvalue weighted by atomic mass is 9.84. The van der Waals surface area contributed by atoms with Crippen molar-refractivity contribution in [1.82, 2.24) is 20.0 Å². The highest BCUT2D eigenvalue weighted by atomic mass is 35.5. The number of hydrogen-bond acceptors (Lipinski definition) is 4. The number of carboxylic acid groups (broad SMARTS) is 1. The molecule has 2 bridgehead atoms. The second-order valence-electron chi connectivity index (χ2n) is 6.76. The van der Waals surface area contributed by atoms with Gasteiger partial charge in [0.15, 0.2) is 0 Å². The summed E-state index contributed by atoms with van der Waals surface area (Å²) in [5.41, 5.74) is 0.848. The fraction of sp³-hybridized carbons (Fsp3) is 0.529. The molecule has 128 valence electrons. The first-order valence-corrected chi connectivity index (χ1v) is 8.84. The monoisotopic (exact) mass is 348 g/mol. The predicted octanol–water partition coefficient (Wildman–Crippen LogP) is 2.07. The molecular formula is C17H21ClN4O2. The number of nitrogens with one attached hydrogen (secondary N) is 1. The summed E-state index contributed by atoms with van der Waals surface area (Å²) in [4.78, 5) is 14.0. The summed E-state index contributed by atoms with van der Waals surface area (Å²) in [6.07, 6.45) is 4.25. The van der Waals surface area contributed by atoms with E-state index in [2.05, 4.69) is 15.3 Å². The first-order chi connectivity index (χ1) is 11.6. The second-order valence-corrected chi connectivity index (χ2v) is 7.20. The van der Waals surface area contributed by atoms with E-state index >= 15 is 0 Å². The van der Waals surface area contributed by atoms with Crippen LogP contribution in [0.15, 0.2) is 18.3 Å². The number of benzene rings is 1. The molecule has 3 fully saturated rings. The van der Waals surface area contributed by atoms with Crippen LogP contribution in [0, 0.1) is 5.92 Å². The highest BCUT2D eigenvalue weighted by Gasteiger charge is 2.33. The summed E-state index contributed by atoms with van der Waals surface area (Å²) in [7, 11) is 0. The van der Waals surface area contributed by atoms with Gasteiger partial charge in [-0.05, 0) is 44.0 Å². The van der Waals surface area contributed by atoms with Crippen LogP contribution in [0.2, 0.25) is 5.02 Å². The average Bonchev–Trinajstić information content (AvgIpc) is 2.98. The Bertz CT molecular complexity index is 767. The van der Waals surface area contributed by atoms with E-state index in [4.69, 9.17) is 11.6 Å². The van der Waals surface area contributed by atoms with Gasteiger partial charge in [0.25, 0.3) is 0 Å². The zero-order chi connectivity index (χ0) is 16.7. The summed E-state index contributed by atoms with van der Waals surface area (Å²) >= 11 is 6.00. The Morgan fingerprint density at radius 2 is 2.17 bits per heavy atom. The number of rotatable bonds is 5. The van der Waals surface area contributed by atoms with Gasteiger partial charge in [0.05, 0.1) is 23.8 Å². The SMILES string of the molecule is O=C(O)c1cc(Cl)cc2cnn(CCNC3CN4CCC3CC4)c12. The summed E-state index contributed by atoms with van der Waals surface area (Å²) in [6, 6.07) is 3.79. The molecule has 3 aliphatic heterocycles. The molecule has 2 N–H and O–H groups in total. The Hall–Kier alpha value is -1.63. The van der Waals surface area contributed by atoms with Crippen LogP contribution >= 0.6 is 11.6 Å². The van der Waals surface area contributed by atoms with E-state index in [0.717, 1.165) is 24.4 Å². The largest absolute Gasteiger partial charge is 0.478 e. The third kappa shape index (κ3) is 2.90. The Balaban J connectivity index is 1.48. The zero-order valence-electron chi connectivity index (χ0n) is 13.4. The standard InChI is InChI=1S/C17H21ClN4O2/c18-13-7-12-9-20-22(16(12)14(8-13)17(23)24)6-3-19-15-10-21-4-1-11(15)2-5-21/h7-9,11,15,19H,1-6,10H2,(H,23,24). The van der Waals surface area contributed by atoms with E-state index in [1.807, 2.05) is 0 Å². The number of halogens is 1. The fourth-order valence-electron chi connectivity index (χ4n) is 4.08. The van der Waals surface area contributed by atoms with Crippen LogP contribution in [0.3, 0.4) is 0 Å². The van der Waals surface area contributed by atoms with Crippen LogP contribution in [0.4, 0.5) is 0 Å². The van der Waals surface area contributed by atoms with Crippen molar-refractivity contribution >= 4 is 28.5 Å². The number of aromatic nitrogens is 2. The predicted molar refractivity (Wildman–Crippen MR) is 92.7 cm³/mol. The van der Waals surface area contributed by atoms with Crippen molar-refractivity contribution in [2.24, 2.45) is 5.92 Å². The first kappa shape index (κ1) is 15.9. The molecule has 1 unspecified atom stereocenters. The molecule has 6 nitrogen and oxygen atoms in total. The van der Waals surface area contributed by atoms with Gasteiger partial charge in [0.2, 0.25) is 0 Å². The maximum absolute atomic E-state index is 11.5. The number of aromatic carboxylic acids is 1. The molecule has 1 aromatic heterocycles. The number of carboxylic acids is 1. The summed E-state index contributed by atoms with van der Waals surface area (Å²) in [6.45, 7) is 5.02. The molecule has 3 aliphatic rings. The molecular weight excluding hydrogens is 328 g/mol. The number of nitrogens with zero attached hydrogens (tertiary/aromatic N) is 3. The van der Waals surface area contributed by atoms with Crippen molar-refractivity contribution < 1.29 is 9.90 Å². The molecule has 0 radical (unpaired) electrons. The van der Waals surface area contributed by atoms with Crippen molar-refractivity contribution in [3.63, 3.8) is 0 Å². The fourth-order valence-corrected chi connectivity index (χ4v) is 4.31. The lowest BCUT2D eigenvalue weighted by Gasteiger charge is -2.45. The molecule has 0 spiro atoms. The van der Waals surface area contributed by atoms with Gasteiger partial charge >= 0.3 is 5.97 Å². The minimum Gasteiger partial charge on any atom is -0.478 e. The Kier molecular flexibility index (Phi) is 4.20. The minimum atomic E-state index is -0.977. The highest BCUT2D eigenvalue weighted by molar-refractivity contribution is 6.32. The van der Waals surface area contributed by atoms with Crippen LogP contribution < -0.4 is 5.32 Å². The maximum atomic E-state index is 11.5. The van der Waals surface area contributed by atoms with Crippen molar-refractivity contribution in [3.8, 4) is 0 Å². The molecule has 3 saturated heterocycles. The molecule has 7 heteroatoms. The lowest BCUT2D eigenvalue weighted by molar-refractivity contribution is 0.0698. The van der Waals surface area contributed by atoms with E-state index < -0.39 is 5.97 Å². The first-order valence-electron chi connectivity index (χ1n) is 8.46. The normalized spacial score (nSPS) is 26.1. The van der Waals surface area contributed by atoms with Gasteiger partial charge in [0.1, 0.15) is 0 Å². The van der Waals surface area contributed by atoms with E-state index in [1.165, 1.54) is 32.0 Å². The molecule has 5 rings (SSSR count). The molecule has 0 amide bonds. The summed E-state index contributed by atoms with van der Waals surface area (Å²) in [5.74, 6) is -0.202. The van der Waals surface area contributed by atoms with Crippen molar-refractivity contribution in [1.29, 1.82) is 0 Å².